The molecule has 23 heavy (non-hydrogen) atoms. The van der Waals surface area contributed by atoms with Crippen LogP contribution in [0.3, 0.4) is 0 Å². The molecular weight excluding hydrogens is 311 g/mol. The van der Waals surface area contributed by atoms with Crippen LogP contribution in [0.25, 0.3) is 5.65 Å². The number of fused-ring (bicyclic) bond motifs is 1. The van der Waals surface area contributed by atoms with Crippen LogP contribution < -0.4 is 9.47 Å². The van der Waals surface area contributed by atoms with Gasteiger partial charge in [-0.3, -0.25) is 0 Å². The second-order valence-corrected chi connectivity index (χ2v) is 4.88. The Hall–Kier alpha value is -2.77. The Morgan fingerprint density at radius 3 is 2.57 bits per heavy atom. The molecular formula is C15H12F3N3O2. The molecule has 0 aliphatic heterocycles. The summed E-state index contributed by atoms with van der Waals surface area (Å²) in [5.41, 5.74) is 2.33. The van der Waals surface area contributed by atoms with Crippen LogP contribution in [0.5, 0.6) is 11.6 Å². The molecule has 0 atom stereocenters. The largest absolute Gasteiger partial charge is 0.573 e. The van der Waals surface area contributed by atoms with E-state index in [-0.39, 0.29) is 12.4 Å². The maximum atomic E-state index is 12.1. The lowest BCUT2D eigenvalue weighted by Gasteiger charge is -2.10. The first-order valence-corrected chi connectivity index (χ1v) is 6.68. The van der Waals surface area contributed by atoms with E-state index in [0.717, 1.165) is 5.56 Å². The summed E-state index contributed by atoms with van der Waals surface area (Å²) in [7, 11) is 0. The minimum Gasteiger partial charge on any atom is -0.473 e. The van der Waals surface area contributed by atoms with E-state index in [1.807, 2.05) is 19.1 Å². The molecule has 5 nitrogen and oxygen atoms in total. The predicted octanol–water partition coefficient (Wildman–Crippen LogP) is 3.52. The van der Waals surface area contributed by atoms with Crippen molar-refractivity contribution in [2.45, 2.75) is 19.9 Å². The van der Waals surface area contributed by atoms with Crippen molar-refractivity contribution in [1.29, 1.82) is 0 Å². The number of aryl methyl sites for hydroxylation is 1. The number of ether oxygens (including phenoxy) is 2. The van der Waals surface area contributed by atoms with Gasteiger partial charge in [0.2, 0.25) is 5.88 Å². The summed E-state index contributed by atoms with van der Waals surface area (Å²) in [6, 6.07) is 9.18. The fourth-order valence-electron chi connectivity index (χ4n) is 2.07. The number of benzene rings is 1. The van der Waals surface area contributed by atoms with E-state index >= 15 is 0 Å². The summed E-state index contributed by atoms with van der Waals surface area (Å²) in [6.45, 7) is 2.09. The lowest BCUT2D eigenvalue weighted by Crippen LogP contribution is -2.17. The first kappa shape index (κ1) is 15.1. The van der Waals surface area contributed by atoms with E-state index in [9.17, 15) is 13.2 Å². The normalized spacial score (nSPS) is 11.7. The van der Waals surface area contributed by atoms with Crippen LogP contribution in [0, 0.1) is 6.92 Å². The first-order valence-electron chi connectivity index (χ1n) is 6.68. The number of aromatic nitrogens is 3. The summed E-state index contributed by atoms with van der Waals surface area (Å²) in [4.78, 5) is 4.09. The Kier molecular flexibility index (Phi) is 3.81. The van der Waals surface area contributed by atoms with E-state index in [4.69, 9.17) is 4.74 Å². The van der Waals surface area contributed by atoms with Crippen molar-refractivity contribution in [3.05, 3.63) is 53.9 Å². The molecule has 2 aromatic heterocycles. The molecule has 0 fully saturated rings. The van der Waals surface area contributed by atoms with Gasteiger partial charge in [0.15, 0.2) is 5.65 Å². The molecule has 8 heteroatoms. The number of pyridine rings is 1. The SMILES string of the molecule is Cc1cc(OCc2ccc(OC(F)(F)F)cc2)n2ncnc2c1. The third kappa shape index (κ3) is 3.71. The standard InChI is InChI=1S/C15H12F3N3O2/c1-10-6-13-19-9-20-21(13)14(7-10)22-8-11-2-4-12(5-3-11)23-15(16,17)18/h2-7,9H,8H2,1H3. The van der Waals surface area contributed by atoms with Gasteiger partial charge in [-0.2, -0.15) is 9.61 Å². The number of halogens is 3. The number of hydrogen-bond donors (Lipinski definition) is 0. The zero-order valence-corrected chi connectivity index (χ0v) is 12.0. The van der Waals surface area contributed by atoms with Gasteiger partial charge in [0.05, 0.1) is 0 Å². The molecule has 0 radical (unpaired) electrons. The lowest BCUT2D eigenvalue weighted by molar-refractivity contribution is -0.274. The molecule has 0 spiro atoms. The van der Waals surface area contributed by atoms with Gasteiger partial charge in [0.25, 0.3) is 0 Å². The van der Waals surface area contributed by atoms with Crippen molar-refractivity contribution in [3.63, 3.8) is 0 Å². The van der Waals surface area contributed by atoms with Gasteiger partial charge in [-0.05, 0) is 36.2 Å². The van der Waals surface area contributed by atoms with Crippen molar-refractivity contribution in [3.8, 4) is 11.6 Å². The summed E-state index contributed by atoms with van der Waals surface area (Å²) in [5.74, 6) is 0.239. The highest BCUT2D eigenvalue weighted by atomic mass is 19.4. The highest BCUT2D eigenvalue weighted by Crippen LogP contribution is 2.23. The molecule has 0 saturated heterocycles. The molecule has 0 bridgehead atoms. The monoisotopic (exact) mass is 323 g/mol. The third-order valence-electron chi connectivity index (χ3n) is 3.03. The van der Waals surface area contributed by atoms with Crippen LogP contribution in [0.15, 0.2) is 42.7 Å². The van der Waals surface area contributed by atoms with E-state index in [1.165, 1.54) is 30.6 Å². The van der Waals surface area contributed by atoms with E-state index in [0.29, 0.717) is 17.1 Å². The highest BCUT2D eigenvalue weighted by molar-refractivity contribution is 5.43. The van der Waals surface area contributed by atoms with Crippen molar-refractivity contribution in [2.24, 2.45) is 0 Å². The molecule has 2 heterocycles. The summed E-state index contributed by atoms with van der Waals surface area (Å²) < 4.78 is 47.4. The molecule has 0 unspecified atom stereocenters. The average molecular weight is 323 g/mol. The summed E-state index contributed by atoms with van der Waals surface area (Å²) in [5, 5.41) is 4.06. The smallest absolute Gasteiger partial charge is 0.473 e. The van der Waals surface area contributed by atoms with E-state index in [2.05, 4.69) is 14.8 Å². The molecule has 0 N–H and O–H groups in total. The second-order valence-electron chi connectivity index (χ2n) is 4.88. The van der Waals surface area contributed by atoms with Gasteiger partial charge in [0, 0.05) is 6.07 Å². The molecule has 0 aliphatic rings. The van der Waals surface area contributed by atoms with Crippen LogP contribution in [0.4, 0.5) is 13.2 Å². The Morgan fingerprint density at radius 1 is 1.13 bits per heavy atom. The quantitative estimate of drug-likeness (QED) is 0.737. The van der Waals surface area contributed by atoms with Crippen LogP contribution in [-0.2, 0) is 6.61 Å². The lowest BCUT2D eigenvalue weighted by atomic mass is 10.2. The minimum atomic E-state index is -4.70. The fourth-order valence-corrected chi connectivity index (χ4v) is 2.07. The van der Waals surface area contributed by atoms with Gasteiger partial charge in [-0.15, -0.1) is 13.2 Å². The molecule has 120 valence electrons. The molecule has 0 saturated carbocycles. The van der Waals surface area contributed by atoms with Crippen molar-refractivity contribution < 1.29 is 22.6 Å². The Bertz CT molecular complexity index is 813. The van der Waals surface area contributed by atoms with E-state index in [1.54, 1.807) is 4.52 Å². The van der Waals surface area contributed by atoms with Crippen LogP contribution in [-0.4, -0.2) is 21.0 Å². The zero-order chi connectivity index (χ0) is 16.4. The van der Waals surface area contributed by atoms with Crippen LogP contribution >= 0.6 is 0 Å². The molecule has 0 amide bonds. The molecule has 3 rings (SSSR count). The van der Waals surface area contributed by atoms with Gasteiger partial charge < -0.3 is 9.47 Å². The highest BCUT2D eigenvalue weighted by Gasteiger charge is 2.30. The van der Waals surface area contributed by atoms with Gasteiger partial charge in [-0.25, -0.2) is 4.98 Å². The van der Waals surface area contributed by atoms with E-state index < -0.39 is 6.36 Å². The minimum absolute atomic E-state index is 0.185. The summed E-state index contributed by atoms with van der Waals surface area (Å²) >= 11 is 0. The topological polar surface area (TPSA) is 48.7 Å². The molecule has 0 aliphatic carbocycles. The van der Waals surface area contributed by atoms with Gasteiger partial charge in [-0.1, -0.05) is 12.1 Å². The number of nitrogens with zero attached hydrogens (tertiary/aromatic N) is 3. The van der Waals surface area contributed by atoms with Gasteiger partial charge >= 0.3 is 6.36 Å². The average Bonchev–Trinajstić information content (AvgIpc) is 2.92. The Labute approximate surface area is 129 Å². The number of hydrogen-bond acceptors (Lipinski definition) is 4. The Morgan fingerprint density at radius 2 is 1.87 bits per heavy atom. The van der Waals surface area contributed by atoms with Gasteiger partial charge in [0.1, 0.15) is 18.7 Å². The maximum Gasteiger partial charge on any atom is 0.573 e. The molecule has 1 aromatic carbocycles. The maximum absolute atomic E-state index is 12.1. The predicted molar refractivity (Wildman–Crippen MR) is 75.2 cm³/mol. The Balaban J connectivity index is 1.71. The van der Waals surface area contributed by atoms with Crippen LogP contribution in [0.1, 0.15) is 11.1 Å². The fraction of sp³-hybridized carbons (Fsp3) is 0.200. The first-order chi connectivity index (χ1) is 10.9. The van der Waals surface area contributed by atoms with Crippen molar-refractivity contribution in [1.82, 2.24) is 14.6 Å². The third-order valence-corrected chi connectivity index (χ3v) is 3.03. The molecule has 3 aromatic rings. The number of rotatable bonds is 4. The second kappa shape index (κ2) is 5.79. The summed E-state index contributed by atoms with van der Waals surface area (Å²) in [6.07, 6.45) is -3.27. The van der Waals surface area contributed by atoms with Crippen molar-refractivity contribution >= 4 is 5.65 Å². The number of alkyl halides is 3. The van der Waals surface area contributed by atoms with Crippen molar-refractivity contribution in [2.75, 3.05) is 0 Å². The van der Waals surface area contributed by atoms with Crippen LogP contribution in [0.2, 0.25) is 0 Å². The zero-order valence-electron chi connectivity index (χ0n) is 12.0.